The lowest BCUT2D eigenvalue weighted by molar-refractivity contribution is -0.137. The van der Waals surface area contributed by atoms with Gasteiger partial charge in [-0.2, -0.15) is 13.2 Å². The largest absolute Gasteiger partial charge is 0.416 e. The van der Waals surface area contributed by atoms with Crippen LogP contribution in [0.4, 0.5) is 13.2 Å². The van der Waals surface area contributed by atoms with Gasteiger partial charge in [0.2, 0.25) is 0 Å². The Kier molecular flexibility index (Phi) is 6.90. The molecule has 5 heteroatoms. The van der Waals surface area contributed by atoms with E-state index in [0.717, 1.165) is 63.4 Å². The molecule has 23 heavy (non-hydrogen) atoms. The Morgan fingerprint density at radius 3 is 2.78 bits per heavy atom. The molecule has 1 fully saturated rings. The highest BCUT2D eigenvalue weighted by Gasteiger charge is 2.30. The number of hydrogen-bond acceptors (Lipinski definition) is 2. The number of aliphatic hydroxyl groups excluding tert-OH is 1. The summed E-state index contributed by atoms with van der Waals surface area (Å²) in [4.78, 5) is 2.43. The summed E-state index contributed by atoms with van der Waals surface area (Å²) in [6.45, 7) is 3.39. The van der Waals surface area contributed by atoms with E-state index in [4.69, 9.17) is 5.11 Å². The molecule has 2 nitrogen and oxygen atoms in total. The molecule has 130 valence electrons. The number of likely N-dealkylation sites (tertiary alicyclic amines) is 1. The van der Waals surface area contributed by atoms with Gasteiger partial charge in [0.15, 0.2) is 0 Å². The van der Waals surface area contributed by atoms with E-state index in [1.165, 1.54) is 12.1 Å². The predicted octanol–water partition coefficient (Wildman–Crippen LogP) is 4.12. The van der Waals surface area contributed by atoms with Crippen molar-refractivity contribution in [1.29, 1.82) is 0 Å². The Morgan fingerprint density at radius 2 is 2.04 bits per heavy atom. The molecule has 0 radical (unpaired) electrons. The van der Waals surface area contributed by atoms with Crippen LogP contribution >= 0.6 is 0 Å². The topological polar surface area (TPSA) is 23.5 Å². The maximum Gasteiger partial charge on any atom is 0.416 e. The molecular formula is C18H26F3NO. The smallest absolute Gasteiger partial charge is 0.396 e. The van der Waals surface area contributed by atoms with E-state index in [1.807, 2.05) is 0 Å². The number of halogens is 3. The van der Waals surface area contributed by atoms with Crippen molar-refractivity contribution in [3.05, 3.63) is 35.4 Å². The fraction of sp³-hybridized carbons (Fsp3) is 0.667. The van der Waals surface area contributed by atoms with Gasteiger partial charge in [0.25, 0.3) is 0 Å². The van der Waals surface area contributed by atoms with Crippen LogP contribution < -0.4 is 0 Å². The lowest BCUT2D eigenvalue weighted by Gasteiger charge is -2.32. The Labute approximate surface area is 136 Å². The summed E-state index contributed by atoms with van der Waals surface area (Å²) >= 11 is 0. The third kappa shape index (κ3) is 6.15. The molecule has 0 aromatic heterocycles. The van der Waals surface area contributed by atoms with Crippen LogP contribution in [0.15, 0.2) is 24.3 Å². The molecule has 0 spiro atoms. The van der Waals surface area contributed by atoms with Gasteiger partial charge in [0.1, 0.15) is 0 Å². The Bertz CT molecular complexity index is 476. The summed E-state index contributed by atoms with van der Waals surface area (Å²) in [5.74, 6) is 0.562. The normalized spacial score (nSPS) is 19.9. The number of piperidine rings is 1. The second-order valence-electron chi connectivity index (χ2n) is 6.48. The van der Waals surface area contributed by atoms with Gasteiger partial charge in [-0.05, 0) is 69.2 Å². The molecule has 0 amide bonds. The van der Waals surface area contributed by atoms with Crippen molar-refractivity contribution >= 4 is 0 Å². The number of aliphatic hydroxyl groups is 1. The lowest BCUT2D eigenvalue weighted by atomic mass is 9.91. The number of aryl methyl sites for hydroxylation is 1. The Hall–Kier alpha value is -1.07. The first-order chi connectivity index (χ1) is 11.0. The van der Waals surface area contributed by atoms with E-state index in [9.17, 15) is 13.2 Å². The molecule has 1 atom stereocenters. The number of hydrogen-bond donors (Lipinski definition) is 1. The Balaban J connectivity index is 1.81. The summed E-state index contributed by atoms with van der Waals surface area (Å²) in [5, 5.41) is 8.84. The molecule has 1 aromatic rings. The SMILES string of the molecule is OCCCCN1CCC[C@@H](CCc2cccc(C(F)(F)F)c2)C1. The molecule has 1 N–H and O–H groups in total. The number of rotatable bonds is 7. The van der Waals surface area contributed by atoms with Gasteiger partial charge in [-0.1, -0.05) is 18.2 Å². The van der Waals surface area contributed by atoms with Crippen molar-refractivity contribution in [2.75, 3.05) is 26.2 Å². The van der Waals surface area contributed by atoms with Crippen molar-refractivity contribution in [3.8, 4) is 0 Å². The van der Waals surface area contributed by atoms with Gasteiger partial charge in [-0.15, -0.1) is 0 Å². The van der Waals surface area contributed by atoms with Crippen LogP contribution in [0.3, 0.4) is 0 Å². The molecule has 1 aliphatic heterocycles. The molecule has 0 saturated carbocycles. The van der Waals surface area contributed by atoms with Gasteiger partial charge >= 0.3 is 6.18 Å². The van der Waals surface area contributed by atoms with Crippen LogP contribution in [0.2, 0.25) is 0 Å². The molecular weight excluding hydrogens is 303 g/mol. The van der Waals surface area contributed by atoms with Crippen molar-refractivity contribution in [2.24, 2.45) is 5.92 Å². The maximum atomic E-state index is 12.7. The summed E-state index contributed by atoms with van der Waals surface area (Å²) in [6, 6.07) is 5.70. The van der Waals surface area contributed by atoms with Crippen LogP contribution in [0.5, 0.6) is 0 Å². The average Bonchev–Trinajstić information content (AvgIpc) is 2.53. The van der Waals surface area contributed by atoms with Crippen LogP contribution in [0, 0.1) is 5.92 Å². The van der Waals surface area contributed by atoms with E-state index in [1.54, 1.807) is 6.07 Å². The Morgan fingerprint density at radius 1 is 1.22 bits per heavy atom. The molecule has 0 unspecified atom stereocenters. The highest BCUT2D eigenvalue weighted by Crippen LogP contribution is 2.30. The molecule has 0 bridgehead atoms. The van der Waals surface area contributed by atoms with Crippen molar-refractivity contribution in [1.82, 2.24) is 4.90 Å². The minimum absolute atomic E-state index is 0.243. The summed E-state index contributed by atoms with van der Waals surface area (Å²) in [7, 11) is 0. The fourth-order valence-electron chi connectivity index (χ4n) is 3.31. The first-order valence-electron chi connectivity index (χ1n) is 8.48. The minimum Gasteiger partial charge on any atom is -0.396 e. The second-order valence-corrected chi connectivity index (χ2v) is 6.48. The van der Waals surface area contributed by atoms with Crippen LogP contribution in [0.1, 0.15) is 43.2 Å². The minimum atomic E-state index is -4.26. The number of alkyl halides is 3. The van der Waals surface area contributed by atoms with E-state index >= 15 is 0 Å². The quantitative estimate of drug-likeness (QED) is 0.761. The first kappa shape index (κ1) is 18.3. The van der Waals surface area contributed by atoms with Gasteiger partial charge in [-0.3, -0.25) is 0 Å². The predicted molar refractivity (Wildman–Crippen MR) is 85.2 cm³/mol. The monoisotopic (exact) mass is 329 g/mol. The summed E-state index contributed by atoms with van der Waals surface area (Å²) in [6.07, 6.45) is 1.56. The van der Waals surface area contributed by atoms with Crippen molar-refractivity contribution in [3.63, 3.8) is 0 Å². The maximum absolute atomic E-state index is 12.7. The molecule has 1 heterocycles. The van der Waals surface area contributed by atoms with Crippen LogP contribution in [0.25, 0.3) is 0 Å². The first-order valence-corrected chi connectivity index (χ1v) is 8.48. The van der Waals surface area contributed by atoms with E-state index in [2.05, 4.69) is 4.90 Å². The zero-order chi connectivity index (χ0) is 16.7. The highest BCUT2D eigenvalue weighted by molar-refractivity contribution is 5.25. The van der Waals surface area contributed by atoms with Crippen LogP contribution in [-0.4, -0.2) is 36.2 Å². The zero-order valence-corrected chi connectivity index (χ0v) is 13.5. The molecule has 1 saturated heterocycles. The molecule has 0 aliphatic carbocycles. The van der Waals surface area contributed by atoms with Crippen molar-refractivity contribution < 1.29 is 18.3 Å². The number of benzene rings is 1. The lowest BCUT2D eigenvalue weighted by Crippen LogP contribution is -2.36. The van der Waals surface area contributed by atoms with Gasteiger partial charge in [0.05, 0.1) is 5.56 Å². The molecule has 1 aliphatic rings. The zero-order valence-electron chi connectivity index (χ0n) is 13.5. The third-order valence-electron chi connectivity index (χ3n) is 4.58. The second kappa shape index (κ2) is 8.69. The van der Waals surface area contributed by atoms with E-state index < -0.39 is 11.7 Å². The fourth-order valence-corrected chi connectivity index (χ4v) is 3.31. The highest BCUT2D eigenvalue weighted by atomic mass is 19.4. The van der Waals surface area contributed by atoms with Crippen molar-refractivity contribution in [2.45, 2.75) is 44.7 Å². The van der Waals surface area contributed by atoms with Gasteiger partial charge < -0.3 is 10.0 Å². The average molecular weight is 329 g/mol. The summed E-state index contributed by atoms with van der Waals surface area (Å²) in [5.41, 5.74) is 0.224. The molecule has 1 aromatic carbocycles. The van der Waals surface area contributed by atoms with E-state index in [-0.39, 0.29) is 6.61 Å². The van der Waals surface area contributed by atoms with Gasteiger partial charge in [0, 0.05) is 13.2 Å². The van der Waals surface area contributed by atoms with E-state index in [0.29, 0.717) is 12.3 Å². The number of unbranched alkanes of at least 4 members (excludes halogenated alkanes) is 1. The van der Waals surface area contributed by atoms with Crippen LogP contribution in [-0.2, 0) is 12.6 Å². The van der Waals surface area contributed by atoms with Gasteiger partial charge in [-0.25, -0.2) is 0 Å². The third-order valence-corrected chi connectivity index (χ3v) is 4.58. The number of nitrogens with zero attached hydrogens (tertiary/aromatic N) is 1. The molecule has 2 rings (SSSR count). The standard InChI is InChI=1S/C18H26F3NO/c19-18(20,21)17-7-3-5-15(13-17)8-9-16-6-4-11-22(14-16)10-1-2-12-23/h3,5,7,13,16,23H,1-2,4,6,8-12,14H2/t16-/m0/s1. The summed E-state index contributed by atoms with van der Waals surface area (Å²) < 4.78 is 38.2.